The number of hydrogen-bond acceptors (Lipinski definition) is 1. The fraction of sp³-hybridized carbons (Fsp3) is 0.250. The molecule has 0 bridgehead atoms. The van der Waals surface area contributed by atoms with E-state index in [4.69, 9.17) is 0 Å². The van der Waals surface area contributed by atoms with Crippen LogP contribution in [0.5, 0.6) is 0 Å². The van der Waals surface area contributed by atoms with Gasteiger partial charge in [0.1, 0.15) is 0 Å². The molecule has 14 heavy (non-hydrogen) atoms. The summed E-state index contributed by atoms with van der Waals surface area (Å²) in [6, 6.07) is 0. The summed E-state index contributed by atoms with van der Waals surface area (Å²) in [7, 11) is 0. The predicted octanol–water partition coefficient (Wildman–Crippen LogP) is 3.10. The first-order valence-corrected chi connectivity index (χ1v) is 4.67. The number of rotatable bonds is 1. The summed E-state index contributed by atoms with van der Waals surface area (Å²) in [5, 5.41) is 0. The molecular weight excluding hydrogens is 172 g/mol. The van der Waals surface area contributed by atoms with Crippen molar-refractivity contribution in [2.75, 3.05) is 0 Å². The van der Waals surface area contributed by atoms with E-state index in [0.717, 1.165) is 6.42 Å². The molecule has 0 saturated carbocycles. The maximum absolute atomic E-state index is 3.77. The standard InChI is InChI=1S/C9H12.C3H4N2/c1-3-9(2)7-5-4-6-8-9;1-2-5-3-4-1/h3-7H,1,8H2,2H3;1-3H,(H,4,5). The fourth-order valence-corrected chi connectivity index (χ4v) is 1.11. The molecule has 74 valence electrons. The Balaban J connectivity index is 0.000000165. The third kappa shape index (κ3) is 3.44. The van der Waals surface area contributed by atoms with E-state index in [9.17, 15) is 0 Å². The molecule has 1 aliphatic rings. The maximum atomic E-state index is 3.77. The Morgan fingerprint density at radius 1 is 1.50 bits per heavy atom. The van der Waals surface area contributed by atoms with Crippen LogP contribution in [0.3, 0.4) is 0 Å². The van der Waals surface area contributed by atoms with Crippen molar-refractivity contribution >= 4 is 0 Å². The lowest BCUT2D eigenvalue weighted by Gasteiger charge is -2.20. The van der Waals surface area contributed by atoms with Gasteiger partial charge in [-0.3, -0.25) is 0 Å². The van der Waals surface area contributed by atoms with Crippen molar-refractivity contribution in [3.8, 4) is 0 Å². The van der Waals surface area contributed by atoms with Crippen LogP contribution in [0, 0.1) is 5.41 Å². The van der Waals surface area contributed by atoms with E-state index < -0.39 is 0 Å². The van der Waals surface area contributed by atoms with Gasteiger partial charge in [0.15, 0.2) is 0 Å². The summed E-state index contributed by atoms with van der Waals surface area (Å²) in [5.74, 6) is 0. The summed E-state index contributed by atoms with van der Waals surface area (Å²) in [6.45, 7) is 5.95. The molecule has 2 heteroatoms. The van der Waals surface area contributed by atoms with Gasteiger partial charge in [-0.05, 0) is 6.42 Å². The van der Waals surface area contributed by atoms with Gasteiger partial charge in [-0.1, -0.05) is 37.3 Å². The number of aromatic amines is 1. The van der Waals surface area contributed by atoms with Crippen LogP contribution in [0.4, 0.5) is 0 Å². The molecule has 0 amide bonds. The van der Waals surface area contributed by atoms with Gasteiger partial charge in [0.2, 0.25) is 0 Å². The Morgan fingerprint density at radius 2 is 2.36 bits per heavy atom. The summed E-state index contributed by atoms with van der Waals surface area (Å²) in [5.41, 5.74) is 0.217. The summed E-state index contributed by atoms with van der Waals surface area (Å²) >= 11 is 0. The van der Waals surface area contributed by atoms with Crippen LogP contribution in [0.2, 0.25) is 0 Å². The summed E-state index contributed by atoms with van der Waals surface area (Å²) in [4.78, 5) is 6.42. The highest BCUT2D eigenvalue weighted by molar-refractivity contribution is 5.19. The van der Waals surface area contributed by atoms with Crippen LogP contribution in [0.25, 0.3) is 0 Å². The number of aromatic nitrogens is 2. The first-order valence-electron chi connectivity index (χ1n) is 4.67. The number of imidazole rings is 1. The SMILES string of the molecule is C=CC1(C)C=CC=CC1.c1c[nH]cn1. The second-order valence-corrected chi connectivity index (χ2v) is 3.46. The lowest BCUT2D eigenvalue weighted by atomic mass is 9.84. The second-order valence-electron chi connectivity index (χ2n) is 3.46. The molecule has 1 atom stereocenters. The van der Waals surface area contributed by atoms with Crippen molar-refractivity contribution in [1.82, 2.24) is 9.97 Å². The molecule has 1 aromatic heterocycles. The molecule has 0 saturated heterocycles. The quantitative estimate of drug-likeness (QED) is 0.674. The molecule has 2 nitrogen and oxygen atoms in total. The zero-order valence-electron chi connectivity index (χ0n) is 8.48. The Kier molecular flexibility index (Phi) is 3.92. The van der Waals surface area contributed by atoms with Gasteiger partial charge in [-0.25, -0.2) is 4.98 Å². The van der Waals surface area contributed by atoms with E-state index in [1.54, 1.807) is 18.7 Å². The Morgan fingerprint density at radius 3 is 2.64 bits per heavy atom. The number of allylic oxidation sites excluding steroid dienone is 5. The number of hydrogen-bond donors (Lipinski definition) is 1. The third-order valence-electron chi connectivity index (χ3n) is 2.15. The lowest BCUT2D eigenvalue weighted by molar-refractivity contribution is 0.558. The van der Waals surface area contributed by atoms with E-state index in [1.807, 2.05) is 6.08 Å². The topological polar surface area (TPSA) is 28.7 Å². The minimum Gasteiger partial charge on any atom is -0.351 e. The van der Waals surface area contributed by atoms with E-state index in [-0.39, 0.29) is 5.41 Å². The molecular formula is C12H16N2. The van der Waals surface area contributed by atoms with Crippen molar-refractivity contribution in [2.45, 2.75) is 13.3 Å². The van der Waals surface area contributed by atoms with Crippen LogP contribution >= 0.6 is 0 Å². The molecule has 1 heterocycles. The molecule has 1 aromatic rings. The van der Waals surface area contributed by atoms with Crippen molar-refractivity contribution in [1.29, 1.82) is 0 Å². The smallest absolute Gasteiger partial charge is 0.0919 e. The zero-order valence-corrected chi connectivity index (χ0v) is 8.48. The van der Waals surface area contributed by atoms with E-state index in [2.05, 4.69) is 47.8 Å². The second kappa shape index (κ2) is 5.22. The van der Waals surface area contributed by atoms with E-state index in [1.165, 1.54) is 0 Å². The molecule has 0 spiro atoms. The van der Waals surface area contributed by atoms with Gasteiger partial charge in [-0.2, -0.15) is 0 Å². The van der Waals surface area contributed by atoms with Gasteiger partial charge >= 0.3 is 0 Å². The highest BCUT2D eigenvalue weighted by Gasteiger charge is 2.14. The van der Waals surface area contributed by atoms with Gasteiger partial charge in [-0.15, -0.1) is 6.58 Å². The van der Waals surface area contributed by atoms with Crippen LogP contribution in [0.1, 0.15) is 13.3 Å². The van der Waals surface area contributed by atoms with Gasteiger partial charge in [0.05, 0.1) is 6.33 Å². The van der Waals surface area contributed by atoms with Crippen LogP contribution in [0.15, 0.2) is 55.7 Å². The largest absolute Gasteiger partial charge is 0.351 e. The van der Waals surface area contributed by atoms with E-state index in [0.29, 0.717) is 0 Å². The zero-order chi connectivity index (χ0) is 10.3. The molecule has 0 radical (unpaired) electrons. The molecule has 0 aliphatic heterocycles. The average molecular weight is 188 g/mol. The molecule has 0 aromatic carbocycles. The third-order valence-corrected chi connectivity index (χ3v) is 2.15. The molecule has 1 N–H and O–H groups in total. The minimum atomic E-state index is 0.217. The maximum Gasteiger partial charge on any atom is 0.0919 e. The van der Waals surface area contributed by atoms with Crippen molar-refractivity contribution in [3.05, 3.63) is 55.7 Å². The number of nitrogens with zero attached hydrogens (tertiary/aromatic N) is 1. The Labute approximate surface area is 85.1 Å². The van der Waals surface area contributed by atoms with Gasteiger partial charge in [0.25, 0.3) is 0 Å². The molecule has 1 unspecified atom stereocenters. The first-order chi connectivity index (χ1) is 6.77. The van der Waals surface area contributed by atoms with Gasteiger partial charge < -0.3 is 4.98 Å². The minimum absolute atomic E-state index is 0.217. The van der Waals surface area contributed by atoms with Gasteiger partial charge in [0, 0.05) is 17.8 Å². The Hall–Kier alpha value is -1.57. The molecule has 1 aliphatic carbocycles. The first kappa shape index (κ1) is 10.5. The number of H-pyrrole nitrogens is 1. The van der Waals surface area contributed by atoms with Crippen LogP contribution in [-0.4, -0.2) is 9.97 Å². The Bertz CT molecular complexity index is 292. The van der Waals surface area contributed by atoms with Crippen molar-refractivity contribution in [3.63, 3.8) is 0 Å². The molecule has 0 fully saturated rings. The highest BCUT2D eigenvalue weighted by Crippen LogP contribution is 2.27. The highest BCUT2D eigenvalue weighted by atomic mass is 14.8. The lowest BCUT2D eigenvalue weighted by Crippen LogP contribution is -2.08. The monoisotopic (exact) mass is 188 g/mol. The summed E-state index contributed by atoms with van der Waals surface area (Å²) in [6.07, 6.45) is 16.7. The van der Waals surface area contributed by atoms with E-state index >= 15 is 0 Å². The fourth-order valence-electron chi connectivity index (χ4n) is 1.11. The molecule has 2 rings (SSSR count). The normalized spacial score (nSPS) is 23.8. The predicted molar refractivity (Wildman–Crippen MR) is 59.8 cm³/mol. The van der Waals surface area contributed by atoms with Crippen molar-refractivity contribution < 1.29 is 0 Å². The number of nitrogens with one attached hydrogen (secondary N) is 1. The van der Waals surface area contributed by atoms with Crippen LogP contribution in [-0.2, 0) is 0 Å². The average Bonchev–Trinajstić information content (AvgIpc) is 2.77. The summed E-state index contributed by atoms with van der Waals surface area (Å²) < 4.78 is 0. The van der Waals surface area contributed by atoms with Crippen LogP contribution < -0.4 is 0 Å². The van der Waals surface area contributed by atoms with Crippen molar-refractivity contribution in [2.24, 2.45) is 5.41 Å².